The topological polar surface area (TPSA) is 76.7 Å². The zero-order valence-electron chi connectivity index (χ0n) is 19.7. The van der Waals surface area contributed by atoms with Gasteiger partial charge in [0.2, 0.25) is 10.0 Å². The first kappa shape index (κ1) is 27.0. The quantitative estimate of drug-likeness (QED) is 0.347. The fourth-order valence-corrected chi connectivity index (χ4v) is 4.10. The summed E-state index contributed by atoms with van der Waals surface area (Å²) in [7, 11) is -1.62. The highest BCUT2D eigenvalue weighted by molar-refractivity contribution is 7.89. The van der Waals surface area contributed by atoms with E-state index in [0.29, 0.717) is 29.6 Å². The van der Waals surface area contributed by atoms with Crippen LogP contribution >= 0.6 is 11.6 Å². The van der Waals surface area contributed by atoms with E-state index in [-0.39, 0.29) is 24.3 Å². The van der Waals surface area contributed by atoms with Crippen LogP contribution in [0.15, 0.2) is 42.5 Å². The summed E-state index contributed by atoms with van der Waals surface area (Å²) in [6, 6.07) is 13.0. The maximum Gasteiger partial charge on any atom is 0.211 e. The molecule has 0 aliphatic rings. The highest BCUT2D eigenvalue weighted by Crippen LogP contribution is 2.28. The van der Waals surface area contributed by atoms with Crippen LogP contribution in [0.5, 0.6) is 11.5 Å². The summed E-state index contributed by atoms with van der Waals surface area (Å²) in [5, 5.41) is 4.03. The molecule has 33 heavy (non-hydrogen) atoms. The smallest absolute Gasteiger partial charge is 0.211 e. The second-order valence-corrected chi connectivity index (χ2v) is 10.4. The predicted octanol–water partition coefficient (Wildman–Crippen LogP) is 3.88. The molecular formula is C25H33ClN2O4S. The molecule has 0 aliphatic heterocycles. The first-order chi connectivity index (χ1) is 15.7. The van der Waals surface area contributed by atoms with Gasteiger partial charge in [-0.15, -0.1) is 0 Å². The van der Waals surface area contributed by atoms with Gasteiger partial charge in [-0.25, -0.2) is 13.1 Å². The number of hydrogen-bond acceptors (Lipinski definition) is 5. The lowest BCUT2D eigenvalue weighted by Crippen LogP contribution is -2.46. The molecular weight excluding hydrogens is 460 g/mol. The van der Waals surface area contributed by atoms with Crippen molar-refractivity contribution in [2.45, 2.75) is 33.2 Å². The van der Waals surface area contributed by atoms with E-state index in [0.717, 1.165) is 17.5 Å². The van der Waals surface area contributed by atoms with Crippen LogP contribution < -0.4 is 19.5 Å². The lowest BCUT2D eigenvalue weighted by molar-refractivity contribution is 0.330. The molecule has 0 saturated heterocycles. The van der Waals surface area contributed by atoms with Crippen molar-refractivity contribution in [2.24, 2.45) is 5.92 Å². The van der Waals surface area contributed by atoms with Gasteiger partial charge in [-0.05, 0) is 67.8 Å². The normalized spacial score (nSPS) is 12.2. The van der Waals surface area contributed by atoms with Gasteiger partial charge in [-0.1, -0.05) is 43.4 Å². The van der Waals surface area contributed by atoms with Crippen molar-refractivity contribution in [3.63, 3.8) is 0 Å². The van der Waals surface area contributed by atoms with Crippen molar-refractivity contribution in [2.75, 3.05) is 32.6 Å². The number of hydrogen-bond donors (Lipinski definition) is 2. The Morgan fingerprint density at radius 2 is 1.82 bits per heavy atom. The number of nitrogens with one attached hydrogen (secondary N) is 2. The number of methoxy groups -OCH3 is 1. The van der Waals surface area contributed by atoms with Crippen LogP contribution in [0.4, 0.5) is 0 Å². The molecule has 0 spiro atoms. The molecule has 2 rings (SSSR count). The largest absolute Gasteiger partial charge is 0.493 e. The summed E-state index contributed by atoms with van der Waals surface area (Å²) in [6.07, 6.45) is 0.776. The molecule has 0 bridgehead atoms. The summed E-state index contributed by atoms with van der Waals surface area (Å²) >= 11 is 5.88. The van der Waals surface area contributed by atoms with Crippen LogP contribution in [0.2, 0.25) is 5.02 Å². The van der Waals surface area contributed by atoms with E-state index < -0.39 is 10.0 Å². The first-order valence-corrected chi connectivity index (χ1v) is 13.0. The minimum absolute atomic E-state index is 0.0805. The molecule has 0 amide bonds. The van der Waals surface area contributed by atoms with Gasteiger partial charge in [0.15, 0.2) is 11.5 Å². The molecule has 1 unspecified atom stereocenters. The molecule has 0 radical (unpaired) electrons. The average molecular weight is 493 g/mol. The lowest BCUT2D eigenvalue weighted by atomic mass is 10.1. The highest BCUT2D eigenvalue weighted by Gasteiger charge is 2.19. The van der Waals surface area contributed by atoms with Gasteiger partial charge in [-0.2, -0.15) is 0 Å². The summed E-state index contributed by atoms with van der Waals surface area (Å²) in [4.78, 5) is 0. The first-order valence-electron chi connectivity index (χ1n) is 11.0. The van der Waals surface area contributed by atoms with E-state index in [9.17, 15) is 8.42 Å². The molecule has 6 nitrogen and oxygen atoms in total. The van der Waals surface area contributed by atoms with E-state index in [1.54, 1.807) is 26.2 Å². The Labute approximate surface area is 203 Å². The third-order valence-corrected chi connectivity index (χ3v) is 6.75. The number of rotatable bonds is 12. The van der Waals surface area contributed by atoms with Gasteiger partial charge >= 0.3 is 0 Å². The molecule has 0 saturated carbocycles. The summed E-state index contributed by atoms with van der Waals surface area (Å²) in [6.45, 7) is 7.18. The molecule has 180 valence electrons. The Kier molecular flexibility index (Phi) is 11.0. The van der Waals surface area contributed by atoms with Crippen LogP contribution in [-0.4, -0.2) is 47.0 Å². The fraction of sp³-hybridized carbons (Fsp3) is 0.440. The fourth-order valence-electron chi connectivity index (χ4n) is 2.99. The molecule has 0 heterocycles. The van der Waals surface area contributed by atoms with Gasteiger partial charge in [0.25, 0.3) is 0 Å². The Bertz CT molecular complexity index is 1040. The maximum absolute atomic E-state index is 11.9. The van der Waals surface area contributed by atoms with E-state index in [1.807, 2.05) is 44.2 Å². The van der Waals surface area contributed by atoms with Crippen LogP contribution in [-0.2, 0) is 16.4 Å². The standard InChI is InChI=1S/C25H33ClN2O4S/c1-5-33(29,30)28-23(19(2)3)18-27-15-14-21-10-13-24(25(17-21)31-4)32-16-6-7-20-8-11-22(26)12-9-20/h8-13,17,19,23,27-28H,5,14-16,18H2,1-4H3. The second-order valence-electron chi connectivity index (χ2n) is 7.91. The van der Waals surface area contributed by atoms with Crippen molar-refractivity contribution < 1.29 is 17.9 Å². The molecule has 0 aromatic heterocycles. The minimum Gasteiger partial charge on any atom is -0.493 e. The summed E-state index contributed by atoms with van der Waals surface area (Å²) in [5.41, 5.74) is 1.97. The molecule has 2 aromatic carbocycles. The van der Waals surface area contributed by atoms with Crippen LogP contribution in [0.1, 0.15) is 31.9 Å². The molecule has 2 aromatic rings. The van der Waals surface area contributed by atoms with Crippen molar-refractivity contribution in [1.29, 1.82) is 0 Å². The Morgan fingerprint density at radius 1 is 1.09 bits per heavy atom. The molecule has 2 N–H and O–H groups in total. The number of benzene rings is 2. The van der Waals surface area contributed by atoms with Crippen molar-refractivity contribution in [3.8, 4) is 23.3 Å². The van der Waals surface area contributed by atoms with Crippen LogP contribution in [0.25, 0.3) is 0 Å². The second kappa shape index (κ2) is 13.5. The van der Waals surface area contributed by atoms with E-state index in [1.165, 1.54) is 0 Å². The number of halogens is 1. The Balaban J connectivity index is 1.85. The van der Waals surface area contributed by atoms with Gasteiger partial charge in [0, 0.05) is 23.2 Å². The predicted molar refractivity (Wildman–Crippen MR) is 135 cm³/mol. The number of sulfonamides is 1. The summed E-state index contributed by atoms with van der Waals surface area (Å²) in [5.74, 6) is 7.58. The molecule has 0 fully saturated rings. The van der Waals surface area contributed by atoms with Crippen LogP contribution in [0, 0.1) is 17.8 Å². The van der Waals surface area contributed by atoms with Gasteiger partial charge in [0.05, 0.1) is 12.9 Å². The third-order valence-electron chi connectivity index (χ3n) is 5.08. The Morgan fingerprint density at radius 3 is 2.45 bits per heavy atom. The van der Waals surface area contributed by atoms with E-state index in [4.69, 9.17) is 21.1 Å². The van der Waals surface area contributed by atoms with Gasteiger partial charge < -0.3 is 14.8 Å². The maximum atomic E-state index is 11.9. The van der Waals surface area contributed by atoms with Crippen molar-refractivity contribution in [3.05, 3.63) is 58.6 Å². The van der Waals surface area contributed by atoms with Crippen molar-refractivity contribution >= 4 is 21.6 Å². The minimum atomic E-state index is -3.23. The molecule has 1 atom stereocenters. The summed E-state index contributed by atoms with van der Waals surface area (Å²) < 4.78 is 37.7. The van der Waals surface area contributed by atoms with Gasteiger partial charge in [0.1, 0.15) is 6.61 Å². The van der Waals surface area contributed by atoms with Crippen molar-refractivity contribution in [1.82, 2.24) is 10.0 Å². The monoisotopic (exact) mass is 492 g/mol. The Hall–Kier alpha value is -2.24. The van der Waals surface area contributed by atoms with E-state index >= 15 is 0 Å². The van der Waals surface area contributed by atoms with Crippen LogP contribution in [0.3, 0.4) is 0 Å². The van der Waals surface area contributed by atoms with E-state index in [2.05, 4.69) is 21.9 Å². The molecule has 0 aliphatic carbocycles. The zero-order chi connectivity index (χ0) is 24.3. The van der Waals surface area contributed by atoms with Gasteiger partial charge in [-0.3, -0.25) is 0 Å². The molecule has 8 heteroatoms. The highest BCUT2D eigenvalue weighted by atomic mass is 35.5. The lowest BCUT2D eigenvalue weighted by Gasteiger charge is -2.22. The number of ether oxygens (including phenoxy) is 2. The average Bonchev–Trinajstić information content (AvgIpc) is 2.80. The zero-order valence-corrected chi connectivity index (χ0v) is 21.2. The SMILES string of the molecule is CCS(=O)(=O)NC(CNCCc1ccc(OCC#Cc2ccc(Cl)cc2)c(OC)c1)C(C)C. The third kappa shape index (κ3) is 9.65.